The fraction of sp³-hybridized carbons (Fsp3) is 0.519. The lowest BCUT2D eigenvalue weighted by molar-refractivity contribution is 0.0904. The van der Waals surface area contributed by atoms with E-state index in [1.165, 1.54) is 5.56 Å². The number of nitrogens with one attached hydrogen (secondary N) is 1. The first kappa shape index (κ1) is 22.6. The number of likely N-dealkylation sites (tertiary alicyclic amines) is 1. The van der Waals surface area contributed by atoms with E-state index in [0.29, 0.717) is 11.8 Å². The molecule has 3 nitrogen and oxygen atoms in total. The van der Waals surface area contributed by atoms with Crippen LogP contribution in [0.5, 0.6) is 0 Å². The molecule has 0 bridgehead atoms. The summed E-state index contributed by atoms with van der Waals surface area (Å²) in [5.41, 5.74) is 3.35. The van der Waals surface area contributed by atoms with Crippen molar-refractivity contribution in [3.63, 3.8) is 0 Å². The Morgan fingerprint density at radius 2 is 1.77 bits per heavy atom. The highest BCUT2D eigenvalue weighted by molar-refractivity contribution is 5.98. The van der Waals surface area contributed by atoms with Crippen LogP contribution in [0.1, 0.15) is 74.7 Å². The van der Waals surface area contributed by atoms with E-state index in [9.17, 15) is 4.79 Å². The van der Waals surface area contributed by atoms with E-state index >= 15 is 0 Å². The Balaban J connectivity index is 1.53. The first-order valence-corrected chi connectivity index (χ1v) is 11.9. The summed E-state index contributed by atoms with van der Waals surface area (Å²) in [6.45, 7) is 7.63. The van der Waals surface area contributed by atoms with Gasteiger partial charge >= 0.3 is 0 Å². The molecule has 1 unspecified atom stereocenters. The Bertz CT molecular complexity index is 765. The number of ketones is 1. The molecular weight excluding hydrogens is 368 g/mol. The molecule has 1 N–H and O–H groups in total. The van der Waals surface area contributed by atoms with E-state index in [2.05, 4.69) is 66.5 Å². The number of anilines is 1. The number of hydrogen-bond donors (Lipinski definition) is 1. The van der Waals surface area contributed by atoms with E-state index in [1.807, 2.05) is 12.1 Å². The molecule has 0 aromatic heterocycles. The Morgan fingerprint density at radius 1 is 1.00 bits per heavy atom. The predicted molar refractivity (Wildman–Crippen MR) is 127 cm³/mol. The average molecular weight is 407 g/mol. The normalized spacial score (nSPS) is 16.3. The number of benzene rings is 2. The van der Waals surface area contributed by atoms with Crippen molar-refractivity contribution in [1.82, 2.24) is 4.90 Å². The molecule has 0 amide bonds. The van der Waals surface area contributed by atoms with Crippen LogP contribution in [0.2, 0.25) is 0 Å². The van der Waals surface area contributed by atoms with E-state index in [4.69, 9.17) is 0 Å². The van der Waals surface area contributed by atoms with Gasteiger partial charge in [0.25, 0.3) is 0 Å². The minimum atomic E-state index is 0.173. The molecule has 1 fully saturated rings. The summed E-state index contributed by atoms with van der Waals surface area (Å²) in [5.74, 6) is 0.498. The van der Waals surface area contributed by atoms with Gasteiger partial charge in [-0.25, -0.2) is 0 Å². The molecule has 0 radical (unpaired) electrons. The van der Waals surface area contributed by atoms with Gasteiger partial charge in [0.2, 0.25) is 0 Å². The van der Waals surface area contributed by atoms with E-state index in [1.54, 1.807) is 0 Å². The SMILES string of the molecule is CCCCC(CCC)C(=O)c1cccc(NC2CCN(Cc3ccccc3)CC2)c1. The van der Waals surface area contributed by atoms with Crippen LogP contribution in [0.4, 0.5) is 5.69 Å². The molecule has 1 atom stereocenters. The van der Waals surface area contributed by atoms with Gasteiger partial charge in [-0.15, -0.1) is 0 Å². The van der Waals surface area contributed by atoms with Gasteiger partial charge in [0, 0.05) is 42.8 Å². The predicted octanol–water partition coefficient (Wildman–Crippen LogP) is 6.55. The number of unbranched alkanes of at least 4 members (excludes halogenated alkanes) is 1. The lowest BCUT2D eigenvalue weighted by atomic mass is 9.89. The molecule has 1 saturated heterocycles. The summed E-state index contributed by atoms with van der Waals surface area (Å²) in [6.07, 6.45) is 7.64. The summed E-state index contributed by atoms with van der Waals surface area (Å²) in [4.78, 5) is 15.6. The maximum absolute atomic E-state index is 13.1. The smallest absolute Gasteiger partial charge is 0.166 e. The minimum absolute atomic E-state index is 0.173. The highest BCUT2D eigenvalue weighted by Gasteiger charge is 2.21. The first-order valence-electron chi connectivity index (χ1n) is 11.9. The number of rotatable bonds is 11. The largest absolute Gasteiger partial charge is 0.382 e. The number of piperidine rings is 1. The Labute approximate surface area is 182 Å². The summed E-state index contributed by atoms with van der Waals surface area (Å²) in [5, 5.41) is 3.70. The maximum Gasteiger partial charge on any atom is 0.166 e. The second-order valence-corrected chi connectivity index (χ2v) is 8.75. The molecule has 3 rings (SSSR count). The molecule has 2 aromatic carbocycles. The summed E-state index contributed by atoms with van der Waals surface area (Å²) in [6, 6.07) is 19.4. The van der Waals surface area contributed by atoms with Crippen molar-refractivity contribution in [2.45, 2.75) is 71.4 Å². The van der Waals surface area contributed by atoms with Gasteiger partial charge in [0.15, 0.2) is 5.78 Å². The first-order chi connectivity index (χ1) is 14.7. The van der Waals surface area contributed by atoms with Gasteiger partial charge in [-0.05, 0) is 43.4 Å². The molecule has 2 aromatic rings. The van der Waals surface area contributed by atoms with E-state index < -0.39 is 0 Å². The van der Waals surface area contributed by atoms with Gasteiger partial charge in [-0.2, -0.15) is 0 Å². The third-order valence-corrected chi connectivity index (χ3v) is 6.27. The monoisotopic (exact) mass is 406 g/mol. The molecule has 162 valence electrons. The van der Waals surface area contributed by atoms with Gasteiger partial charge in [-0.1, -0.05) is 75.6 Å². The van der Waals surface area contributed by atoms with Gasteiger partial charge in [0.05, 0.1) is 0 Å². The quantitative estimate of drug-likeness (QED) is 0.429. The van der Waals surface area contributed by atoms with Crippen molar-refractivity contribution in [2.75, 3.05) is 18.4 Å². The summed E-state index contributed by atoms with van der Waals surface area (Å²) >= 11 is 0. The highest BCUT2D eigenvalue weighted by Crippen LogP contribution is 2.24. The maximum atomic E-state index is 13.1. The van der Waals surface area contributed by atoms with Crippen LogP contribution in [0.25, 0.3) is 0 Å². The number of carbonyl (C=O) groups is 1. The lowest BCUT2D eigenvalue weighted by Gasteiger charge is -2.33. The number of hydrogen-bond acceptors (Lipinski definition) is 3. The van der Waals surface area contributed by atoms with Crippen LogP contribution in [-0.2, 0) is 6.54 Å². The van der Waals surface area contributed by atoms with Gasteiger partial charge in [-0.3, -0.25) is 9.69 Å². The van der Waals surface area contributed by atoms with Crippen LogP contribution in [0.15, 0.2) is 54.6 Å². The fourth-order valence-electron chi connectivity index (χ4n) is 4.52. The number of carbonyl (C=O) groups excluding carboxylic acids is 1. The third kappa shape index (κ3) is 6.70. The zero-order valence-corrected chi connectivity index (χ0v) is 18.8. The lowest BCUT2D eigenvalue weighted by Crippen LogP contribution is -2.38. The molecule has 30 heavy (non-hydrogen) atoms. The Kier molecular flexibility index (Phi) is 8.95. The van der Waals surface area contributed by atoms with Crippen molar-refractivity contribution < 1.29 is 4.79 Å². The standard InChI is InChI=1S/C27H38N2O/c1-3-5-13-23(10-4-2)27(30)24-14-9-15-26(20-24)28-25-16-18-29(19-17-25)21-22-11-7-6-8-12-22/h6-9,11-12,14-15,20,23,25,28H,3-5,10,13,16-19,21H2,1-2H3. The zero-order valence-electron chi connectivity index (χ0n) is 18.8. The topological polar surface area (TPSA) is 32.3 Å². The third-order valence-electron chi connectivity index (χ3n) is 6.27. The van der Waals surface area contributed by atoms with E-state index in [-0.39, 0.29) is 5.92 Å². The van der Waals surface area contributed by atoms with E-state index in [0.717, 1.165) is 75.8 Å². The molecule has 0 spiro atoms. The average Bonchev–Trinajstić information content (AvgIpc) is 2.78. The zero-order chi connectivity index (χ0) is 21.2. The highest BCUT2D eigenvalue weighted by atomic mass is 16.1. The molecule has 0 aliphatic carbocycles. The number of nitrogens with zero attached hydrogens (tertiary/aromatic N) is 1. The minimum Gasteiger partial charge on any atom is -0.382 e. The summed E-state index contributed by atoms with van der Waals surface area (Å²) in [7, 11) is 0. The molecule has 1 heterocycles. The molecule has 1 aliphatic heterocycles. The second kappa shape index (κ2) is 11.9. The van der Waals surface area contributed by atoms with Crippen LogP contribution in [-0.4, -0.2) is 29.8 Å². The van der Waals surface area contributed by atoms with Gasteiger partial charge in [0.1, 0.15) is 0 Å². The van der Waals surface area contributed by atoms with Crippen molar-refractivity contribution in [3.8, 4) is 0 Å². The van der Waals surface area contributed by atoms with Crippen molar-refractivity contribution in [1.29, 1.82) is 0 Å². The second-order valence-electron chi connectivity index (χ2n) is 8.75. The van der Waals surface area contributed by atoms with Crippen molar-refractivity contribution in [2.24, 2.45) is 5.92 Å². The van der Waals surface area contributed by atoms with Crippen LogP contribution < -0.4 is 5.32 Å². The molecule has 3 heteroatoms. The fourth-order valence-corrected chi connectivity index (χ4v) is 4.52. The number of Topliss-reactive ketones (excluding diaryl/α,β-unsaturated/α-hetero) is 1. The van der Waals surface area contributed by atoms with Crippen LogP contribution in [0.3, 0.4) is 0 Å². The summed E-state index contributed by atoms with van der Waals surface area (Å²) < 4.78 is 0. The van der Waals surface area contributed by atoms with Crippen molar-refractivity contribution >= 4 is 11.5 Å². The molecule has 1 aliphatic rings. The van der Waals surface area contributed by atoms with Gasteiger partial charge < -0.3 is 5.32 Å². The van der Waals surface area contributed by atoms with Crippen LogP contribution >= 0.6 is 0 Å². The van der Waals surface area contributed by atoms with Crippen LogP contribution in [0, 0.1) is 5.92 Å². The Morgan fingerprint density at radius 3 is 2.47 bits per heavy atom. The van der Waals surface area contributed by atoms with Crippen molar-refractivity contribution in [3.05, 3.63) is 65.7 Å². The Hall–Kier alpha value is -2.13. The molecular formula is C27H38N2O. The molecule has 0 saturated carbocycles.